The van der Waals surface area contributed by atoms with Crippen LogP contribution in [0.15, 0.2) is 22.8 Å². The summed E-state index contributed by atoms with van der Waals surface area (Å²) in [6.45, 7) is 2.01. The van der Waals surface area contributed by atoms with Gasteiger partial charge in [-0.15, -0.1) is 0 Å². The molecule has 0 saturated heterocycles. The van der Waals surface area contributed by atoms with E-state index in [9.17, 15) is 9.59 Å². The van der Waals surface area contributed by atoms with Crippen LogP contribution in [-0.4, -0.2) is 23.8 Å². The summed E-state index contributed by atoms with van der Waals surface area (Å²) in [6.07, 6.45) is 3.75. The fourth-order valence-corrected chi connectivity index (χ4v) is 2.09. The van der Waals surface area contributed by atoms with Crippen molar-refractivity contribution >= 4 is 27.7 Å². The maximum atomic E-state index is 12.3. The van der Waals surface area contributed by atoms with Crippen molar-refractivity contribution in [3.63, 3.8) is 0 Å². The van der Waals surface area contributed by atoms with Gasteiger partial charge < -0.3 is 4.74 Å². The van der Waals surface area contributed by atoms with E-state index in [1.54, 1.807) is 12.1 Å². The number of carbonyl (C=O) groups is 2. The van der Waals surface area contributed by atoms with Gasteiger partial charge in [0.1, 0.15) is 11.6 Å². The van der Waals surface area contributed by atoms with E-state index in [0.717, 1.165) is 12.8 Å². The summed E-state index contributed by atoms with van der Waals surface area (Å²) >= 11 is 3.27. The summed E-state index contributed by atoms with van der Waals surface area (Å²) in [7, 11) is 1.29. The molecule has 0 N–H and O–H groups in total. The number of esters is 1. The van der Waals surface area contributed by atoms with Crippen molar-refractivity contribution in [2.24, 2.45) is 5.92 Å². The molecule has 5 heteroatoms. The van der Waals surface area contributed by atoms with E-state index >= 15 is 0 Å². The van der Waals surface area contributed by atoms with E-state index in [4.69, 9.17) is 0 Å². The van der Waals surface area contributed by atoms with Gasteiger partial charge in [0.25, 0.3) is 0 Å². The van der Waals surface area contributed by atoms with Gasteiger partial charge in [0.15, 0.2) is 5.78 Å². The van der Waals surface area contributed by atoms with Crippen molar-refractivity contribution in [1.82, 2.24) is 4.98 Å². The number of methoxy groups -OCH3 is 1. The Hall–Kier alpha value is -1.23. The molecule has 1 unspecified atom stereocenters. The molecule has 0 radical (unpaired) electrons. The number of carbonyl (C=O) groups excluding carboxylic acids is 2. The van der Waals surface area contributed by atoms with Gasteiger partial charge in [0.2, 0.25) is 0 Å². The fourth-order valence-electron chi connectivity index (χ4n) is 1.64. The molecule has 0 saturated carbocycles. The van der Waals surface area contributed by atoms with Gasteiger partial charge in [0, 0.05) is 10.7 Å². The molecular formula is C13H16BrNO3. The topological polar surface area (TPSA) is 56.3 Å². The lowest BCUT2D eigenvalue weighted by molar-refractivity contribution is -0.143. The lowest BCUT2D eigenvalue weighted by Crippen LogP contribution is -2.26. The van der Waals surface area contributed by atoms with Crippen molar-refractivity contribution in [2.75, 3.05) is 7.11 Å². The van der Waals surface area contributed by atoms with Crippen LogP contribution in [-0.2, 0) is 9.53 Å². The first kappa shape index (κ1) is 14.8. The summed E-state index contributed by atoms with van der Waals surface area (Å²) in [5.41, 5.74) is 0.281. The average Bonchev–Trinajstić information content (AvgIpc) is 2.39. The van der Waals surface area contributed by atoms with Gasteiger partial charge in [-0.05, 0) is 34.5 Å². The smallest absolute Gasteiger partial charge is 0.316 e. The second kappa shape index (κ2) is 7.26. The molecule has 1 rings (SSSR count). The molecule has 18 heavy (non-hydrogen) atoms. The predicted octanol–water partition coefficient (Wildman–Crippen LogP) is 3.01. The molecule has 0 spiro atoms. The lowest BCUT2D eigenvalue weighted by Gasteiger charge is -2.13. The second-order valence-electron chi connectivity index (χ2n) is 3.92. The van der Waals surface area contributed by atoms with Gasteiger partial charge >= 0.3 is 5.97 Å². The highest BCUT2D eigenvalue weighted by atomic mass is 79.9. The largest absolute Gasteiger partial charge is 0.468 e. The van der Waals surface area contributed by atoms with E-state index < -0.39 is 11.9 Å². The summed E-state index contributed by atoms with van der Waals surface area (Å²) in [5.74, 6) is -1.55. The van der Waals surface area contributed by atoms with Crippen LogP contribution in [0.4, 0.5) is 0 Å². The van der Waals surface area contributed by atoms with Crippen LogP contribution >= 0.6 is 15.9 Å². The Morgan fingerprint density at radius 3 is 2.78 bits per heavy atom. The number of hydrogen-bond donors (Lipinski definition) is 0. The second-order valence-corrected chi connectivity index (χ2v) is 4.77. The van der Waals surface area contributed by atoms with Crippen molar-refractivity contribution in [3.8, 4) is 0 Å². The van der Waals surface area contributed by atoms with E-state index in [0.29, 0.717) is 10.9 Å². The molecule has 4 nitrogen and oxygen atoms in total. The zero-order valence-electron chi connectivity index (χ0n) is 10.5. The number of hydrogen-bond acceptors (Lipinski definition) is 4. The number of unbranched alkanes of at least 4 members (excludes halogenated alkanes) is 1. The van der Waals surface area contributed by atoms with E-state index in [1.165, 1.54) is 13.3 Å². The molecule has 0 aliphatic rings. The number of ketones is 1. The Labute approximate surface area is 115 Å². The molecule has 0 bridgehead atoms. The van der Waals surface area contributed by atoms with Crippen molar-refractivity contribution in [2.45, 2.75) is 26.2 Å². The third-order valence-corrected chi connectivity index (χ3v) is 3.28. The highest BCUT2D eigenvalue weighted by Gasteiger charge is 2.29. The Bertz CT molecular complexity index is 434. The molecule has 0 aliphatic carbocycles. The molecule has 1 aromatic rings. The zero-order valence-corrected chi connectivity index (χ0v) is 12.1. The number of aromatic nitrogens is 1. The van der Waals surface area contributed by atoms with E-state index in [-0.39, 0.29) is 11.5 Å². The number of rotatable bonds is 6. The van der Waals surface area contributed by atoms with Crippen LogP contribution < -0.4 is 0 Å². The number of nitrogens with zero attached hydrogens (tertiary/aromatic N) is 1. The first-order valence-electron chi connectivity index (χ1n) is 5.84. The van der Waals surface area contributed by atoms with Crippen molar-refractivity contribution < 1.29 is 14.3 Å². The molecule has 1 aromatic heterocycles. The van der Waals surface area contributed by atoms with Crippen LogP contribution in [0, 0.1) is 5.92 Å². The average molecular weight is 314 g/mol. The maximum Gasteiger partial charge on any atom is 0.316 e. The quantitative estimate of drug-likeness (QED) is 0.460. The minimum atomic E-state index is -0.763. The van der Waals surface area contributed by atoms with E-state index in [2.05, 4.69) is 25.7 Å². The van der Waals surface area contributed by atoms with E-state index in [1.807, 2.05) is 6.92 Å². The number of ether oxygens (including phenoxy) is 1. The Morgan fingerprint density at radius 1 is 1.50 bits per heavy atom. The van der Waals surface area contributed by atoms with Crippen LogP contribution in [0.25, 0.3) is 0 Å². The molecule has 98 valence electrons. The Balaban J connectivity index is 2.95. The van der Waals surface area contributed by atoms with Crippen LogP contribution in [0.3, 0.4) is 0 Å². The first-order valence-corrected chi connectivity index (χ1v) is 6.63. The zero-order chi connectivity index (χ0) is 13.5. The highest BCUT2D eigenvalue weighted by Crippen LogP contribution is 2.21. The van der Waals surface area contributed by atoms with Gasteiger partial charge in [-0.25, -0.2) is 0 Å². The normalized spacial score (nSPS) is 11.9. The Morgan fingerprint density at radius 2 is 2.22 bits per heavy atom. The minimum Gasteiger partial charge on any atom is -0.468 e. The lowest BCUT2D eigenvalue weighted by atomic mass is 9.95. The molecule has 0 amide bonds. The SMILES string of the molecule is CCCCC(C(=O)OC)C(=O)c1ncccc1Br. The van der Waals surface area contributed by atoms with Crippen LogP contribution in [0.2, 0.25) is 0 Å². The summed E-state index contributed by atoms with van der Waals surface area (Å²) in [4.78, 5) is 28.0. The van der Waals surface area contributed by atoms with Crippen molar-refractivity contribution in [1.29, 1.82) is 0 Å². The van der Waals surface area contributed by atoms with Crippen LogP contribution in [0.5, 0.6) is 0 Å². The molecule has 1 heterocycles. The van der Waals surface area contributed by atoms with Gasteiger partial charge in [-0.1, -0.05) is 19.8 Å². The molecule has 0 aromatic carbocycles. The fraction of sp³-hybridized carbons (Fsp3) is 0.462. The number of Topliss-reactive ketones (excluding diaryl/α,β-unsaturated/α-hetero) is 1. The van der Waals surface area contributed by atoms with Gasteiger partial charge in [0.05, 0.1) is 7.11 Å². The molecule has 0 fully saturated rings. The summed E-state index contributed by atoms with van der Waals surface area (Å²) in [5, 5.41) is 0. The number of pyridine rings is 1. The highest BCUT2D eigenvalue weighted by molar-refractivity contribution is 9.10. The minimum absolute atomic E-state index is 0.281. The van der Waals surface area contributed by atoms with Gasteiger partial charge in [-0.3, -0.25) is 14.6 Å². The number of halogens is 1. The third kappa shape index (κ3) is 3.63. The summed E-state index contributed by atoms with van der Waals surface area (Å²) in [6, 6.07) is 3.45. The maximum absolute atomic E-state index is 12.3. The van der Waals surface area contributed by atoms with Crippen molar-refractivity contribution in [3.05, 3.63) is 28.5 Å². The summed E-state index contributed by atoms with van der Waals surface area (Å²) < 4.78 is 5.29. The molecular weight excluding hydrogens is 298 g/mol. The molecule has 0 aliphatic heterocycles. The van der Waals surface area contributed by atoms with Gasteiger partial charge in [-0.2, -0.15) is 0 Å². The molecule has 1 atom stereocenters. The predicted molar refractivity (Wildman–Crippen MR) is 71.3 cm³/mol. The first-order chi connectivity index (χ1) is 8.61. The standard InChI is InChI=1S/C13H16BrNO3/c1-3-4-6-9(13(17)18-2)12(16)11-10(14)7-5-8-15-11/h5,7-9H,3-4,6H2,1-2H3. The monoisotopic (exact) mass is 313 g/mol. The third-order valence-electron chi connectivity index (χ3n) is 2.64. The Kier molecular flexibility index (Phi) is 5.98. The van der Waals surface area contributed by atoms with Crippen LogP contribution in [0.1, 0.15) is 36.7 Å².